The summed E-state index contributed by atoms with van der Waals surface area (Å²) in [6, 6.07) is 6.57. The van der Waals surface area contributed by atoms with Crippen molar-refractivity contribution >= 4 is 15.9 Å². The molecule has 0 radical (unpaired) electrons. The molecule has 1 saturated heterocycles. The van der Waals surface area contributed by atoms with Crippen LogP contribution in [0.15, 0.2) is 22.7 Å². The van der Waals surface area contributed by atoms with Crippen LogP contribution in [0.3, 0.4) is 0 Å². The molecule has 3 unspecified atom stereocenters. The Hall–Kier alpha value is -0.580. The molecule has 1 heterocycles. The maximum absolute atomic E-state index is 5.84. The molecule has 1 fully saturated rings. The first-order chi connectivity index (χ1) is 9.71. The van der Waals surface area contributed by atoms with Gasteiger partial charge in [0.1, 0.15) is 5.75 Å². The minimum Gasteiger partial charge on any atom is -0.494 e. The van der Waals surface area contributed by atoms with Gasteiger partial charge in [-0.15, -0.1) is 0 Å². The fraction of sp³-hybridized carbons (Fsp3) is 0.625. The summed E-state index contributed by atoms with van der Waals surface area (Å²) < 4.78 is 12.5. The highest BCUT2D eigenvalue weighted by Gasteiger charge is 2.34. The average molecular weight is 342 g/mol. The lowest BCUT2D eigenvalue weighted by Gasteiger charge is -2.28. The predicted molar refractivity (Wildman–Crippen MR) is 85.2 cm³/mol. The van der Waals surface area contributed by atoms with E-state index in [0.29, 0.717) is 24.7 Å². The van der Waals surface area contributed by atoms with Crippen molar-refractivity contribution in [1.29, 1.82) is 0 Å². The Kier molecular flexibility index (Phi) is 5.87. The molecule has 1 aliphatic heterocycles. The van der Waals surface area contributed by atoms with E-state index in [2.05, 4.69) is 40.3 Å². The van der Waals surface area contributed by atoms with Gasteiger partial charge in [-0.1, -0.05) is 28.9 Å². The Labute approximate surface area is 130 Å². The second kappa shape index (κ2) is 7.43. The fourth-order valence-corrected chi connectivity index (χ4v) is 3.69. The summed E-state index contributed by atoms with van der Waals surface area (Å²) in [5.74, 6) is 1.44. The van der Waals surface area contributed by atoms with Crippen LogP contribution in [-0.2, 0) is 4.74 Å². The van der Waals surface area contributed by atoms with E-state index in [0.717, 1.165) is 29.7 Å². The molecule has 1 N–H and O–H groups in total. The van der Waals surface area contributed by atoms with E-state index < -0.39 is 0 Å². The first-order valence-corrected chi connectivity index (χ1v) is 8.21. The van der Waals surface area contributed by atoms with E-state index in [1.54, 1.807) is 0 Å². The van der Waals surface area contributed by atoms with Crippen LogP contribution in [0.25, 0.3) is 0 Å². The molecule has 3 atom stereocenters. The molecule has 4 heteroatoms. The van der Waals surface area contributed by atoms with Gasteiger partial charge in [-0.2, -0.15) is 0 Å². The Balaban J connectivity index is 2.23. The van der Waals surface area contributed by atoms with Crippen molar-refractivity contribution in [1.82, 2.24) is 5.32 Å². The Morgan fingerprint density at radius 3 is 2.85 bits per heavy atom. The first kappa shape index (κ1) is 15.8. The summed E-state index contributed by atoms with van der Waals surface area (Å²) in [6.45, 7) is 5.76. The molecule has 0 saturated carbocycles. The van der Waals surface area contributed by atoms with Gasteiger partial charge in [0.15, 0.2) is 0 Å². The monoisotopic (exact) mass is 341 g/mol. The minimum atomic E-state index is 0.313. The largest absolute Gasteiger partial charge is 0.494 e. The van der Waals surface area contributed by atoms with Crippen LogP contribution < -0.4 is 10.1 Å². The number of ether oxygens (including phenoxy) is 2. The molecule has 3 nitrogen and oxygen atoms in total. The number of nitrogens with one attached hydrogen (secondary N) is 1. The molecule has 20 heavy (non-hydrogen) atoms. The lowest BCUT2D eigenvalue weighted by molar-refractivity contribution is 0.0782. The molecular formula is C16H24BrNO2. The summed E-state index contributed by atoms with van der Waals surface area (Å²) in [7, 11) is 2.03. The Bertz CT molecular complexity index is 438. The fourth-order valence-electron chi connectivity index (χ4n) is 3.08. The van der Waals surface area contributed by atoms with Gasteiger partial charge in [0, 0.05) is 23.0 Å². The third kappa shape index (κ3) is 3.35. The van der Waals surface area contributed by atoms with Gasteiger partial charge in [-0.25, -0.2) is 0 Å². The minimum absolute atomic E-state index is 0.313. The predicted octanol–water partition coefficient (Wildman–Crippen LogP) is 3.92. The first-order valence-electron chi connectivity index (χ1n) is 7.42. The molecular weight excluding hydrogens is 318 g/mol. The van der Waals surface area contributed by atoms with Crippen molar-refractivity contribution < 1.29 is 9.47 Å². The summed E-state index contributed by atoms with van der Waals surface area (Å²) in [6.07, 6.45) is 2.53. The number of rotatable bonds is 6. The van der Waals surface area contributed by atoms with Gasteiger partial charge < -0.3 is 14.8 Å². The van der Waals surface area contributed by atoms with Gasteiger partial charge in [-0.05, 0) is 44.5 Å². The van der Waals surface area contributed by atoms with Crippen molar-refractivity contribution in [2.75, 3.05) is 20.3 Å². The maximum Gasteiger partial charge on any atom is 0.120 e. The molecule has 0 spiro atoms. The Morgan fingerprint density at radius 2 is 2.25 bits per heavy atom. The normalized spacial score (nSPS) is 23.8. The number of halogens is 1. The van der Waals surface area contributed by atoms with E-state index in [4.69, 9.17) is 9.47 Å². The van der Waals surface area contributed by atoms with Crippen LogP contribution in [0.1, 0.15) is 38.3 Å². The molecule has 1 aliphatic rings. The van der Waals surface area contributed by atoms with Crippen molar-refractivity contribution in [3.8, 4) is 5.75 Å². The number of benzene rings is 1. The Morgan fingerprint density at radius 1 is 1.45 bits per heavy atom. The van der Waals surface area contributed by atoms with Crippen LogP contribution >= 0.6 is 15.9 Å². The molecule has 112 valence electrons. The van der Waals surface area contributed by atoms with Crippen molar-refractivity contribution in [2.45, 2.75) is 38.8 Å². The zero-order valence-corrected chi connectivity index (χ0v) is 14.1. The van der Waals surface area contributed by atoms with Gasteiger partial charge in [-0.3, -0.25) is 0 Å². The maximum atomic E-state index is 5.84. The smallest absolute Gasteiger partial charge is 0.120 e. The topological polar surface area (TPSA) is 30.5 Å². The number of hydrogen-bond donors (Lipinski definition) is 1. The molecule has 0 aliphatic carbocycles. The third-order valence-corrected chi connectivity index (χ3v) is 4.71. The van der Waals surface area contributed by atoms with Crippen LogP contribution in [-0.4, -0.2) is 26.4 Å². The van der Waals surface area contributed by atoms with Crippen molar-refractivity contribution in [3.05, 3.63) is 28.2 Å². The van der Waals surface area contributed by atoms with Gasteiger partial charge in [0.25, 0.3) is 0 Å². The molecule has 1 aromatic rings. The lowest BCUT2D eigenvalue weighted by atomic mass is 9.87. The highest BCUT2D eigenvalue weighted by atomic mass is 79.9. The van der Waals surface area contributed by atoms with E-state index in [-0.39, 0.29) is 0 Å². The standard InChI is InChI=1S/C16H24BrNO2/c1-4-15-13(8-9-20-15)16(18-3)12-7-6-11(19-5-2)10-14(12)17/h6-7,10,13,15-16,18H,4-5,8-9H2,1-3H3. The van der Waals surface area contributed by atoms with E-state index in [1.165, 1.54) is 5.56 Å². The lowest BCUT2D eigenvalue weighted by Crippen LogP contribution is -2.30. The second-order valence-electron chi connectivity index (χ2n) is 5.15. The number of hydrogen-bond acceptors (Lipinski definition) is 3. The van der Waals surface area contributed by atoms with Crippen molar-refractivity contribution in [3.63, 3.8) is 0 Å². The summed E-state index contributed by atoms with van der Waals surface area (Å²) in [5, 5.41) is 3.47. The summed E-state index contributed by atoms with van der Waals surface area (Å²) in [4.78, 5) is 0. The van der Waals surface area contributed by atoms with Gasteiger partial charge in [0.05, 0.1) is 12.7 Å². The zero-order chi connectivity index (χ0) is 14.5. The second-order valence-corrected chi connectivity index (χ2v) is 6.01. The molecule has 0 bridgehead atoms. The van der Waals surface area contributed by atoms with Crippen LogP contribution in [0.2, 0.25) is 0 Å². The molecule has 0 amide bonds. The van der Waals surface area contributed by atoms with Crippen LogP contribution in [0.5, 0.6) is 5.75 Å². The highest BCUT2D eigenvalue weighted by molar-refractivity contribution is 9.10. The van der Waals surface area contributed by atoms with Gasteiger partial charge in [0.2, 0.25) is 0 Å². The van der Waals surface area contributed by atoms with Gasteiger partial charge >= 0.3 is 0 Å². The van der Waals surface area contributed by atoms with E-state index in [1.807, 2.05) is 20.0 Å². The zero-order valence-electron chi connectivity index (χ0n) is 12.5. The van der Waals surface area contributed by atoms with E-state index in [9.17, 15) is 0 Å². The summed E-state index contributed by atoms with van der Waals surface area (Å²) >= 11 is 3.69. The third-order valence-electron chi connectivity index (χ3n) is 4.02. The van der Waals surface area contributed by atoms with E-state index >= 15 is 0 Å². The summed E-state index contributed by atoms with van der Waals surface area (Å²) in [5.41, 5.74) is 1.28. The molecule has 1 aromatic carbocycles. The molecule has 2 rings (SSSR count). The van der Waals surface area contributed by atoms with Crippen LogP contribution in [0, 0.1) is 5.92 Å². The highest BCUT2D eigenvalue weighted by Crippen LogP contribution is 2.38. The average Bonchev–Trinajstić information content (AvgIpc) is 2.90. The quantitative estimate of drug-likeness (QED) is 0.850. The SMILES string of the molecule is CCOc1ccc(C(NC)C2CCOC2CC)c(Br)c1. The van der Waals surface area contributed by atoms with Crippen LogP contribution in [0.4, 0.5) is 0 Å². The molecule has 0 aromatic heterocycles. The van der Waals surface area contributed by atoms with Crippen molar-refractivity contribution in [2.24, 2.45) is 5.92 Å².